The van der Waals surface area contributed by atoms with Crippen molar-refractivity contribution < 1.29 is 4.39 Å². The van der Waals surface area contributed by atoms with E-state index in [1.807, 2.05) is 6.07 Å². The summed E-state index contributed by atoms with van der Waals surface area (Å²) in [6.45, 7) is 11.5. The number of benzene rings is 1. The van der Waals surface area contributed by atoms with Crippen LogP contribution in [0.1, 0.15) is 46.6 Å². The van der Waals surface area contributed by atoms with Gasteiger partial charge in [-0.25, -0.2) is 4.39 Å². The maximum Gasteiger partial charge on any atom is 0.137 e. The number of nitrogens with one attached hydrogen (secondary N) is 1. The van der Waals surface area contributed by atoms with Crippen molar-refractivity contribution in [3.8, 4) is 0 Å². The Morgan fingerprint density at radius 3 is 2.58 bits per heavy atom. The van der Waals surface area contributed by atoms with Crippen molar-refractivity contribution in [2.75, 3.05) is 5.75 Å². The Morgan fingerprint density at radius 2 is 2.00 bits per heavy atom. The van der Waals surface area contributed by atoms with E-state index in [0.29, 0.717) is 12.5 Å². The van der Waals surface area contributed by atoms with Gasteiger partial charge in [-0.3, -0.25) is 0 Å². The lowest BCUT2D eigenvalue weighted by atomic mass is 10.1. The van der Waals surface area contributed by atoms with Crippen LogP contribution in [0.4, 0.5) is 4.39 Å². The van der Waals surface area contributed by atoms with Crippen LogP contribution in [0.5, 0.6) is 0 Å². The molecule has 1 atom stereocenters. The second-order valence-electron chi connectivity index (χ2n) is 6.16. The SMILES string of the molecule is CCC(C)CSc1c(F)cccc1CNC(C)(C)C. The molecule has 0 aliphatic carbocycles. The van der Waals surface area contributed by atoms with E-state index in [1.54, 1.807) is 23.9 Å². The van der Waals surface area contributed by atoms with Gasteiger partial charge in [-0.1, -0.05) is 32.4 Å². The summed E-state index contributed by atoms with van der Waals surface area (Å²) in [6, 6.07) is 5.36. The maximum absolute atomic E-state index is 14.0. The Hall–Kier alpha value is -0.540. The molecule has 108 valence electrons. The highest BCUT2D eigenvalue weighted by molar-refractivity contribution is 7.99. The van der Waals surface area contributed by atoms with Crippen LogP contribution in [0.3, 0.4) is 0 Å². The minimum Gasteiger partial charge on any atom is -0.308 e. The Labute approximate surface area is 121 Å². The van der Waals surface area contributed by atoms with Crippen molar-refractivity contribution >= 4 is 11.8 Å². The molecule has 0 saturated carbocycles. The van der Waals surface area contributed by atoms with Gasteiger partial charge in [0.05, 0.1) is 0 Å². The highest BCUT2D eigenvalue weighted by atomic mass is 32.2. The molecule has 3 heteroatoms. The summed E-state index contributed by atoms with van der Waals surface area (Å²) in [5, 5.41) is 3.43. The first-order chi connectivity index (χ1) is 8.83. The van der Waals surface area contributed by atoms with Gasteiger partial charge in [-0.15, -0.1) is 11.8 Å². The molecule has 0 aliphatic heterocycles. The normalized spacial score (nSPS) is 13.6. The van der Waals surface area contributed by atoms with E-state index >= 15 is 0 Å². The fourth-order valence-corrected chi connectivity index (χ4v) is 2.78. The first kappa shape index (κ1) is 16.5. The number of hydrogen-bond donors (Lipinski definition) is 1. The minimum absolute atomic E-state index is 0.0466. The summed E-state index contributed by atoms with van der Waals surface area (Å²) in [5.74, 6) is 1.49. The standard InChI is InChI=1S/C16H26FNS/c1-6-12(2)11-19-15-13(8-7-9-14(15)17)10-18-16(3,4)5/h7-9,12,18H,6,10-11H2,1-5H3. The Bertz CT molecular complexity index is 398. The van der Waals surface area contributed by atoms with Crippen LogP contribution in [0.2, 0.25) is 0 Å². The topological polar surface area (TPSA) is 12.0 Å². The fourth-order valence-electron chi connectivity index (χ4n) is 1.56. The smallest absolute Gasteiger partial charge is 0.137 e. The summed E-state index contributed by atoms with van der Waals surface area (Å²) in [6.07, 6.45) is 1.14. The summed E-state index contributed by atoms with van der Waals surface area (Å²) in [4.78, 5) is 0.805. The molecule has 0 radical (unpaired) electrons. The molecule has 0 amide bonds. The summed E-state index contributed by atoms with van der Waals surface area (Å²) < 4.78 is 14.0. The molecular weight excluding hydrogens is 257 g/mol. The third-order valence-electron chi connectivity index (χ3n) is 3.07. The molecule has 0 heterocycles. The maximum atomic E-state index is 14.0. The van der Waals surface area contributed by atoms with Crippen LogP contribution in [-0.4, -0.2) is 11.3 Å². The first-order valence-corrected chi connectivity index (χ1v) is 7.97. The van der Waals surface area contributed by atoms with Crippen molar-refractivity contribution in [2.24, 2.45) is 5.92 Å². The second kappa shape index (κ2) is 7.30. The van der Waals surface area contributed by atoms with E-state index < -0.39 is 0 Å². The molecule has 1 unspecified atom stereocenters. The van der Waals surface area contributed by atoms with E-state index in [1.165, 1.54) is 0 Å². The van der Waals surface area contributed by atoms with Gasteiger partial charge < -0.3 is 5.32 Å². The van der Waals surface area contributed by atoms with Crippen LogP contribution in [-0.2, 0) is 6.54 Å². The van der Waals surface area contributed by atoms with E-state index in [-0.39, 0.29) is 11.4 Å². The second-order valence-corrected chi connectivity index (χ2v) is 7.19. The van der Waals surface area contributed by atoms with Gasteiger partial charge in [-0.05, 0) is 38.3 Å². The molecule has 1 aromatic rings. The molecule has 0 aliphatic rings. The van der Waals surface area contributed by atoms with Crippen LogP contribution in [0.15, 0.2) is 23.1 Å². The van der Waals surface area contributed by atoms with Gasteiger partial charge in [0.25, 0.3) is 0 Å². The number of halogens is 1. The summed E-state index contributed by atoms with van der Waals surface area (Å²) in [5.41, 5.74) is 1.11. The van der Waals surface area contributed by atoms with Crippen molar-refractivity contribution in [3.63, 3.8) is 0 Å². The van der Waals surface area contributed by atoms with Gasteiger partial charge in [-0.2, -0.15) is 0 Å². The number of hydrogen-bond acceptors (Lipinski definition) is 2. The lowest BCUT2D eigenvalue weighted by Gasteiger charge is -2.22. The Kier molecular flexibility index (Phi) is 6.34. The van der Waals surface area contributed by atoms with Crippen LogP contribution in [0.25, 0.3) is 0 Å². The van der Waals surface area contributed by atoms with Gasteiger partial charge >= 0.3 is 0 Å². The van der Waals surface area contributed by atoms with E-state index in [2.05, 4.69) is 39.9 Å². The monoisotopic (exact) mass is 283 g/mol. The number of rotatable bonds is 6. The van der Waals surface area contributed by atoms with E-state index in [4.69, 9.17) is 0 Å². The lowest BCUT2D eigenvalue weighted by Crippen LogP contribution is -2.35. The van der Waals surface area contributed by atoms with Crippen molar-refractivity contribution in [1.82, 2.24) is 5.32 Å². The van der Waals surface area contributed by atoms with Crippen LogP contribution < -0.4 is 5.32 Å². The quantitative estimate of drug-likeness (QED) is 0.749. The average molecular weight is 283 g/mol. The van der Waals surface area contributed by atoms with Crippen molar-refractivity contribution in [3.05, 3.63) is 29.6 Å². The molecule has 1 aromatic carbocycles. The summed E-state index contributed by atoms with van der Waals surface area (Å²) >= 11 is 1.64. The third-order valence-corrected chi connectivity index (χ3v) is 4.55. The molecule has 1 N–H and O–H groups in total. The van der Waals surface area contributed by atoms with Crippen LogP contribution in [0, 0.1) is 11.7 Å². The molecule has 1 rings (SSSR count). The largest absolute Gasteiger partial charge is 0.308 e. The molecular formula is C16H26FNS. The highest BCUT2D eigenvalue weighted by Gasteiger charge is 2.13. The lowest BCUT2D eigenvalue weighted by molar-refractivity contribution is 0.421. The molecule has 1 nitrogen and oxygen atoms in total. The van der Waals surface area contributed by atoms with Gasteiger partial charge in [0.15, 0.2) is 0 Å². The third kappa shape index (κ3) is 5.96. The fraction of sp³-hybridized carbons (Fsp3) is 0.625. The zero-order chi connectivity index (χ0) is 14.5. The zero-order valence-corrected chi connectivity index (χ0v) is 13.5. The van der Waals surface area contributed by atoms with Crippen molar-refractivity contribution in [2.45, 2.75) is 58.0 Å². The first-order valence-electron chi connectivity index (χ1n) is 6.98. The Morgan fingerprint density at radius 1 is 1.32 bits per heavy atom. The molecule has 0 bridgehead atoms. The molecule has 0 fully saturated rings. The van der Waals surface area contributed by atoms with Crippen LogP contribution >= 0.6 is 11.8 Å². The zero-order valence-electron chi connectivity index (χ0n) is 12.7. The van der Waals surface area contributed by atoms with Gasteiger partial charge in [0.1, 0.15) is 5.82 Å². The van der Waals surface area contributed by atoms with Crippen molar-refractivity contribution in [1.29, 1.82) is 0 Å². The predicted molar refractivity (Wildman–Crippen MR) is 83.2 cm³/mol. The number of thioether (sulfide) groups is 1. The predicted octanol–water partition coefficient (Wildman–Crippen LogP) is 4.85. The van der Waals surface area contributed by atoms with Gasteiger partial charge in [0, 0.05) is 22.7 Å². The minimum atomic E-state index is -0.0958. The molecule has 0 aromatic heterocycles. The average Bonchev–Trinajstić information content (AvgIpc) is 2.33. The molecule has 0 saturated heterocycles. The molecule has 0 spiro atoms. The van der Waals surface area contributed by atoms with Gasteiger partial charge in [0.2, 0.25) is 0 Å². The highest BCUT2D eigenvalue weighted by Crippen LogP contribution is 2.28. The summed E-state index contributed by atoms with van der Waals surface area (Å²) in [7, 11) is 0. The van der Waals surface area contributed by atoms with E-state index in [0.717, 1.165) is 22.6 Å². The Balaban J connectivity index is 2.77. The van der Waals surface area contributed by atoms with E-state index in [9.17, 15) is 4.39 Å². The molecule has 19 heavy (non-hydrogen) atoms.